The largest absolute Gasteiger partial charge is 0.287 e. The van der Waals surface area contributed by atoms with Gasteiger partial charge in [-0.2, -0.15) is 22.7 Å². The van der Waals surface area contributed by atoms with Gasteiger partial charge in [0.1, 0.15) is 10.6 Å². The molecule has 23 heavy (non-hydrogen) atoms. The Kier molecular flexibility index (Phi) is 3.78. The van der Waals surface area contributed by atoms with Crippen molar-refractivity contribution in [1.29, 1.82) is 0 Å². The molecular weight excluding hydrogens is 326 g/mol. The van der Waals surface area contributed by atoms with Crippen LogP contribution in [0.15, 0.2) is 11.0 Å². The molecule has 2 heterocycles. The van der Waals surface area contributed by atoms with Gasteiger partial charge >= 0.3 is 0 Å². The van der Waals surface area contributed by atoms with Crippen LogP contribution in [0, 0.1) is 13.8 Å². The molecule has 1 saturated carbocycles. The molecule has 1 aliphatic rings. The van der Waals surface area contributed by atoms with E-state index in [9.17, 15) is 17.2 Å². The van der Waals surface area contributed by atoms with Crippen molar-refractivity contribution in [1.82, 2.24) is 19.0 Å². The van der Waals surface area contributed by atoms with E-state index in [0.29, 0.717) is 22.0 Å². The van der Waals surface area contributed by atoms with E-state index >= 15 is 0 Å². The van der Waals surface area contributed by atoms with Crippen LogP contribution in [0.2, 0.25) is 0 Å². The molecule has 0 amide bonds. The first-order valence-corrected chi connectivity index (χ1v) is 8.89. The van der Waals surface area contributed by atoms with E-state index < -0.39 is 22.1 Å². The van der Waals surface area contributed by atoms with Gasteiger partial charge in [-0.05, 0) is 39.7 Å². The SMILES string of the molecule is CCn1nc(C)c(S(=O)(=O)n2nc(C3CC3)cc2C(F)F)c1C. The molecule has 1 aliphatic carbocycles. The molecule has 0 spiro atoms. The van der Waals surface area contributed by atoms with Gasteiger partial charge in [-0.1, -0.05) is 0 Å². The number of hydrogen-bond donors (Lipinski definition) is 0. The van der Waals surface area contributed by atoms with Crippen molar-refractivity contribution in [3.63, 3.8) is 0 Å². The maximum absolute atomic E-state index is 13.3. The molecule has 2 aromatic heterocycles. The van der Waals surface area contributed by atoms with Crippen LogP contribution in [0.5, 0.6) is 0 Å². The van der Waals surface area contributed by atoms with E-state index in [0.717, 1.165) is 12.8 Å². The Labute approximate surface area is 133 Å². The summed E-state index contributed by atoms with van der Waals surface area (Å²) in [5, 5.41) is 8.13. The number of aryl methyl sites for hydroxylation is 2. The molecule has 0 radical (unpaired) electrons. The Balaban J connectivity index is 2.19. The standard InChI is InChI=1S/C14H18F2N4O2S/c1-4-19-9(3)13(8(2)17-19)23(21,22)20-12(14(15)16)7-11(18-20)10-5-6-10/h7,10,14H,4-6H2,1-3H3. The summed E-state index contributed by atoms with van der Waals surface area (Å²) >= 11 is 0. The Morgan fingerprint density at radius 3 is 2.43 bits per heavy atom. The highest BCUT2D eigenvalue weighted by Gasteiger charge is 2.35. The van der Waals surface area contributed by atoms with Gasteiger partial charge in [0.05, 0.1) is 17.1 Å². The number of alkyl halides is 2. The highest BCUT2D eigenvalue weighted by molar-refractivity contribution is 7.90. The molecule has 0 unspecified atom stereocenters. The van der Waals surface area contributed by atoms with E-state index in [-0.39, 0.29) is 16.5 Å². The maximum atomic E-state index is 13.3. The Morgan fingerprint density at radius 2 is 1.96 bits per heavy atom. The molecule has 2 aromatic rings. The lowest BCUT2D eigenvalue weighted by Gasteiger charge is -2.09. The fourth-order valence-electron chi connectivity index (χ4n) is 2.76. The lowest BCUT2D eigenvalue weighted by molar-refractivity contribution is 0.144. The summed E-state index contributed by atoms with van der Waals surface area (Å²) in [7, 11) is -4.21. The van der Waals surface area contributed by atoms with Crippen LogP contribution in [-0.4, -0.2) is 27.4 Å². The zero-order valence-corrected chi connectivity index (χ0v) is 13.9. The summed E-state index contributed by atoms with van der Waals surface area (Å²) in [5.74, 6) is 0.0875. The van der Waals surface area contributed by atoms with Crippen molar-refractivity contribution >= 4 is 10.0 Å². The normalized spacial score (nSPS) is 15.6. The molecule has 0 aromatic carbocycles. The Bertz CT molecular complexity index is 850. The highest BCUT2D eigenvalue weighted by Crippen LogP contribution is 2.41. The summed E-state index contributed by atoms with van der Waals surface area (Å²) < 4.78 is 54.4. The fraction of sp³-hybridized carbons (Fsp3) is 0.571. The van der Waals surface area contributed by atoms with E-state index in [4.69, 9.17) is 0 Å². The van der Waals surface area contributed by atoms with Gasteiger partial charge in [-0.3, -0.25) is 4.68 Å². The topological polar surface area (TPSA) is 69.8 Å². The Hall–Kier alpha value is -1.77. The minimum atomic E-state index is -4.21. The molecule has 0 atom stereocenters. The molecule has 6 nitrogen and oxygen atoms in total. The zero-order chi connectivity index (χ0) is 16.9. The summed E-state index contributed by atoms with van der Waals surface area (Å²) in [6.45, 7) is 5.50. The third kappa shape index (κ3) is 2.56. The van der Waals surface area contributed by atoms with E-state index in [1.54, 1.807) is 13.8 Å². The molecule has 0 N–H and O–H groups in total. The van der Waals surface area contributed by atoms with Crippen molar-refractivity contribution in [2.75, 3.05) is 0 Å². The molecular formula is C14H18F2N4O2S. The van der Waals surface area contributed by atoms with Gasteiger partial charge in [0.2, 0.25) is 0 Å². The van der Waals surface area contributed by atoms with Gasteiger partial charge in [0.15, 0.2) is 0 Å². The first-order valence-electron chi connectivity index (χ1n) is 7.45. The van der Waals surface area contributed by atoms with Crippen molar-refractivity contribution < 1.29 is 17.2 Å². The summed E-state index contributed by atoms with van der Waals surface area (Å²) in [6, 6.07) is 1.20. The molecule has 0 saturated heterocycles. The van der Waals surface area contributed by atoms with Gasteiger partial charge in [0, 0.05) is 12.5 Å². The zero-order valence-electron chi connectivity index (χ0n) is 13.1. The minimum absolute atomic E-state index is 0.0494. The molecule has 0 aliphatic heterocycles. The first kappa shape index (κ1) is 16.1. The summed E-state index contributed by atoms with van der Waals surface area (Å²) in [4.78, 5) is -0.0494. The van der Waals surface area contributed by atoms with Crippen LogP contribution >= 0.6 is 0 Å². The van der Waals surface area contributed by atoms with E-state index in [2.05, 4.69) is 10.2 Å². The lowest BCUT2D eigenvalue weighted by atomic mass is 10.3. The van der Waals surface area contributed by atoms with Gasteiger partial charge in [-0.15, -0.1) is 0 Å². The van der Waals surface area contributed by atoms with Crippen LogP contribution in [-0.2, 0) is 16.6 Å². The molecule has 0 bridgehead atoms. The second-order valence-corrected chi connectivity index (χ2v) is 7.44. The quantitative estimate of drug-likeness (QED) is 0.836. The third-order valence-corrected chi connectivity index (χ3v) is 5.90. The summed E-state index contributed by atoms with van der Waals surface area (Å²) in [6.07, 6.45) is -1.21. The van der Waals surface area contributed by atoms with Crippen LogP contribution in [0.25, 0.3) is 0 Å². The second-order valence-electron chi connectivity index (χ2n) is 5.73. The monoisotopic (exact) mass is 344 g/mol. The number of halogens is 2. The highest BCUT2D eigenvalue weighted by atomic mass is 32.2. The van der Waals surface area contributed by atoms with Crippen LogP contribution in [0.1, 0.15) is 54.9 Å². The Morgan fingerprint density at radius 1 is 1.30 bits per heavy atom. The molecule has 126 valence electrons. The average Bonchev–Trinajstić information content (AvgIpc) is 3.13. The van der Waals surface area contributed by atoms with Gasteiger partial charge in [-0.25, -0.2) is 8.78 Å². The molecule has 9 heteroatoms. The van der Waals surface area contributed by atoms with Crippen LogP contribution in [0.4, 0.5) is 8.78 Å². The average molecular weight is 344 g/mol. The third-order valence-electron chi connectivity index (χ3n) is 4.04. The van der Waals surface area contributed by atoms with Crippen molar-refractivity contribution in [3.05, 3.63) is 28.8 Å². The number of aromatic nitrogens is 4. The van der Waals surface area contributed by atoms with E-state index in [1.165, 1.54) is 10.7 Å². The lowest BCUT2D eigenvalue weighted by Crippen LogP contribution is -2.19. The van der Waals surface area contributed by atoms with E-state index in [1.807, 2.05) is 6.92 Å². The number of nitrogens with zero attached hydrogens (tertiary/aromatic N) is 4. The predicted molar refractivity (Wildman–Crippen MR) is 79.1 cm³/mol. The van der Waals surface area contributed by atoms with Crippen molar-refractivity contribution in [2.24, 2.45) is 0 Å². The number of hydrogen-bond acceptors (Lipinski definition) is 4. The molecule has 3 rings (SSSR count). The van der Waals surface area contributed by atoms with Gasteiger partial charge < -0.3 is 0 Å². The van der Waals surface area contributed by atoms with Crippen molar-refractivity contribution in [3.8, 4) is 0 Å². The van der Waals surface area contributed by atoms with Crippen LogP contribution < -0.4 is 0 Å². The molecule has 1 fully saturated rings. The van der Waals surface area contributed by atoms with Crippen molar-refractivity contribution in [2.45, 2.75) is 57.4 Å². The predicted octanol–water partition coefficient (Wildman–Crippen LogP) is 2.77. The van der Waals surface area contributed by atoms with Gasteiger partial charge in [0.25, 0.3) is 16.4 Å². The maximum Gasteiger partial charge on any atom is 0.287 e. The fourth-order valence-corrected chi connectivity index (χ4v) is 4.44. The summed E-state index contributed by atoms with van der Waals surface area (Å²) in [5.41, 5.74) is 0.540. The minimum Gasteiger partial charge on any atom is -0.268 e. The first-order chi connectivity index (χ1) is 10.8. The van der Waals surface area contributed by atoms with Crippen LogP contribution in [0.3, 0.4) is 0 Å². The number of rotatable bonds is 5. The smallest absolute Gasteiger partial charge is 0.268 e. The second kappa shape index (κ2) is 5.40.